The smallest absolute Gasteiger partial charge is 0.356 e. The van der Waals surface area contributed by atoms with E-state index < -0.39 is 23.9 Å². The van der Waals surface area contributed by atoms with E-state index in [4.69, 9.17) is 9.47 Å². The van der Waals surface area contributed by atoms with Crippen LogP contribution in [0.3, 0.4) is 0 Å². The molecule has 1 N–H and O–H groups in total. The number of aromatic nitrogens is 1. The van der Waals surface area contributed by atoms with Crippen LogP contribution in [0.1, 0.15) is 78.7 Å². The highest BCUT2D eigenvalue weighted by atomic mass is 32.1. The average Bonchev–Trinajstić information content (AvgIpc) is 3.38. The summed E-state index contributed by atoms with van der Waals surface area (Å²) in [5.74, 6) is -1.36. The molecule has 5 rings (SSSR count). The van der Waals surface area contributed by atoms with Crippen LogP contribution in [-0.4, -0.2) is 35.1 Å². The summed E-state index contributed by atoms with van der Waals surface area (Å²) in [4.78, 5) is 55.1. The van der Waals surface area contributed by atoms with Gasteiger partial charge in [-0.1, -0.05) is 76.2 Å². The average molecular weight is 629 g/mol. The van der Waals surface area contributed by atoms with Crippen LogP contribution in [0.25, 0.3) is 21.9 Å². The van der Waals surface area contributed by atoms with Gasteiger partial charge < -0.3 is 19.4 Å². The van der Waals surface area contributed by atoms with Crippen molar-refractivity contribution in [3.8, 4) is 11.1 Å². The molecular formula is C36H40N2O6S. The minimum absolute atomic E-state index is 0.0585. The van der Waals surface area contributed by atoms with Crippen LogP contribution >= 0.6 is 11.3 Å². The van der Waals surface area contributed by atoms with Gasteiger partial charge in [0.15, 0.2) is 6.10 Å². The molecule has 2 aromatic heterocycles. The number of nitrogens with zero attached hydrogens (tertiary/aromatic N) is 1. The molecule has 0 spiro atoms. The molecule has 2 atom stereocenters. The monoisotopic (exact) mass is 628 g/mol. The molecule has 1 amide bonds. The van der Waals surface area contributed by atoms with Gasteiger partial charge in [0.2, 0.25) is 0 Å². The number of hydrogen-bond acceptors (Lipinski definition) is 7. The quantitative estimate of drug-likeness (QED) is 0.208. The maximum Gasteiger partial charge on any atom is 0.356 e. The first-order chi connectivity index (χ1) is 21.5. The van der Waals surface area contributed by atoms with Crippen molar-refractivity contribution in [3.05, 3.63) is 86.6 Å². The van der Waals surface area contributed by atoms with E-state index in [2.05, 4.69) is 26.1 Å². The minimum atomic E-state index is -1.17. The van der Waals surface area contributed by atoms with Crippen molar-refractivity contribution in [2.24, 2.45) is 18.4 Å². The number of hydrogen-bond donors (Lipinski definition) is 1. The second-order valence-corrected chi connectivity index (χ2v) is 13.6. The van der Waals surface area contributed by atoms with E-state index >= 15 is 0 Å². The topological polar surface area (TPSA) is 104 Å². The molecule has 0 radical (unpaired) electrons. The fourth-order valence-corrected chi connectivity index (χ4v) is 7.45. The van der Waals surface area contributed by atoms with Crippen LogP contribution in [0, 0.1) is 11.3 Å². The zero-order chi connectivity index (χ0) is 32.5. The lowest BCUT2D eigenvalue weighted by Gasteiger charge is -2.33. The van der Waals surface area contributed by atoms with Gasteiger partial charge in [0.25, 0.3) is 11.5 Å². The summed E-state index contributed by atoms with van der Waals surface area (Å²) in [6, 6.07) is 16.5. The maximum atomic E-state index is 13.9. The molecule has 2 aromatic carbocycles. The standard InChI is InChI=1S/C36H40N2O6S/c1-7-26(31(39)37-32-29(34(41)43-8-2)25-19-18-22(36(3,4)5)20-27(25)45-32)44-35(42)30-28(21-14-10-9-11-15-21)23-16-12-13-17-24(23)33(40)38(30)6/h9-17,22,26H,7-8,18-20H2,1-6H3,(H,37,39). The molecule has 2 unspecified atom stereocenters. The highest BCUT2D eigenvalue weighted by Crippen LogP contribution is 2.44. The second kappa shape index (κ2) is 13.0. The molecule has 8 nitrogen and oxygen atoms in total. The molecule has 45 heavy (non-hydrogen) atoms. The third kappa shape index (κ3) is 6.31. The van der Waals surface area contributed by atoms with E-state index in [1.807, 2.05) is 36.4 Å². The first-order valence-corrected chi connectivity index (χ1v) is 16.3. The fourth-order valence-electron chi connectivity index (χ4n) is 6.13. The molecule has 4 aromatic rings. The molecule has 1 aliphatic rings. The zero-order valence-corrected chi connectivity index (χ0v) is 27.5. The predicted molar refractivity (Wildman–Crippen MR) is 178 cm³/mol. The van der Waals surface area contributed by atoms with Crippen molar-refractivity contribution in [3.63, 3.8) is 0 Å². The van der Waals surface area contributed by atoms with Crippen molar-refractivity contribution < 1.29 is 23.9 Å². The van der Waals surface area contributed by atoms with Crippen molar-refractivity contribution >= 4 is 45.0 Å². The second-order valence-electron chi connectivity index (χ2n) is 12.5. The SMILES string of the molecule is CCOC(=O)c1c(NC(=O)C(CC)OC(=O)c2c(-c3ccccc3)c3ccccc3c(=O)n2C)sc2c1CCC(C(C)(C)C)C2. The molecule has 236 valence electrons. The summed E-state index contributed by atoms with van der Waals surface area (Å²) in [5.41, 5.74) is 2.44. The van der Waals surface area contributed by atoms with E-state index in [1.165, 1.54) is 23.0 Å². The van der Waals surface area contributed by atoms with Gasteiger partial charge in [-0.25, -0.2) is 9.59 Å². The van der Waals surface area contributed by atoms with Crippen molar-refractivity contribution in [1.82, 2.24) is 4.57 Å². The molecule has 0 aliphatic heterocycles. The molecular weight excluding hydrogens is 588 g/mol. The Bertz CT molecular complexity index is 1820. The zero-order valence-electron chi connectivity index (χ0n) is 26.7. The summed E-state index contributed by atoms with van der Waals surface area (Å²) in [7, 11) is 1.53. The number of carbonyl (C=O) groups is 3. The largest absolute Gasteiger partial charge is 0.462 e. The molecule has 0 saturated heterocycles. The number of amides is 1. The highest BCUT2D eigenvalue weighted by molar-refractivity contribution is 7.17. The third-order valence-electron chi connectivity index (χ3n) is 8.68. The number of benzene rings is 2. The van der Waals surface area contributed by atoms with Gasteiger partial charge in [0.1, 0.15) is 10.7 Å². The van der Waals surface area contributed by atoms with Gasteiger partial charge in [-0.15, -0.1) is 11.3 Å². The lowest BCUT2D eigenvalue weighted by atomic mass is 9.72. The van der Waals surface area contributed by atoms with Crippen LogP contribution in [0.15, 0.2) is 59.4 Å². The number of anilines is 1. The van der Waals surface area contributed by atoms with Crippen LogP contribution in [0.2, 0.25) is 0 Å². The number of esters is 2. The van der Waals surface area contributed by atoms with E-state index in [1.54, 1.807) is 32.0 Å². The number of ether oxygens (including phenoxy) is 2. The normalized spacial score (nSPS) is 15.3. The van der Waals surface area contributed by atoms with E-state index in [0.717, 1.165) is 35.3 Å². The third-order valence-corrected chi connectivity index (χ3v) is 9.85. The van der Waals surface area contributed by atoms with E-state index in [9.17, 15) is 19.2 Å². The lowest BCUT2D eigenvalue weighted by Crippen LogP contribution is -2.34. The maximum absolute atomic E-state index is 13.9. The number of rotatable bonds is 8. The Morgan fingerprint density at radius 2 is 1.67 bits per heavy atom. The Kier molecular flexibility index (Phi) is 9.30. The van der Waals surface area contributed by atoms with Crippen molar-refractivity contribution in [2.45, 2.75) is 66.4 Å². The summed E-state index contributed by atoms with van der Waals surface area (Å²) in [6.07, 6.45) is 1.50. The number of fused-ring (bicyclic) bond motifs is 2. The van der Waals surface area contributed by atoms with Crippen LogP contribution < -0.4 is 10.9 Å². The molecule has 0 bridgehead atoms. The summed E-state index contributed by atoms with van der Waals surface area (Å²) < 4.78 is 12.5. The number of pyridine rings is 1. The summed E-state index contributed by atoms with van der Waals surface area (Å²) in [5, 5.41) is 4.41. The Morgan fingerprint density at radius 1 is 1.00 bits per heavy atom. The van der Waals surface area contributed by atoms with Gasteiger partial charge in [0.05, 0.1) is 12.2 Å². The van der Waals surface area contributed by atoms with E-state index in [-0.39, 0.29) is 29.7 Å². The molecule has 0 fully saturated rings. The number of nitrogens with one attached hydrogen (secondary N) is 1. The summed E-state index contributed by atoms with van der Waals surface area (Å²) >= 11 is 1.39. The molecule has 2 heterocycles. The van der Waals surface area contributed by atoms with Gasteiger partial charge in [-0.3, -0.25) is 9.59 Å². The molecule has 9 heteroatoms. The number of thiophene rings is 1. The first kappa shape index (κ1) is 32.2. The Morgan fingerprint density at radius 3 is 2.31 bits per heavy atom. The van der Waals surface area contributed by atoms with Crippen molar-refractivity contribution in [1.29, 1.82) is 0 Å². The number of carbonyl (C=O) groups excluding carboxylic acids is 3. The fraction of sp³-hybridized carbons (Fsp3) is 0.389. The Hall–Kier alpha value is -4.24. The Balaban J connectivity index is 1.48. The van der Waals surface area contributed by atoms with Gasteiger partial charge >= 0.3 is 11.9 Å². The highest BCUT2D eigenvalue weighted by Gasteiger charge is 2.35. The van der Waals surface area contributed by atoms with Crippen LogP contribution in [0.5, 0.6) is 0 Å². The first-order valence-electron chi connectivity index (χ1n) is 15.5. The minimum Gasteiger partial charge on any atom is -0.462 e. The molecule has 1 aliphatic carbocycles. The van der Waals surface area contributed by atoms with Gasteiger partial charge in [-0.05, 0) is 66.5 Å². The predicted octanol–water partition coefficient (Wildman–Crippen LogP) is 7.17. The Labute approximate surface area is 267 Å². The lowest BCUT2D eigenvalue weighted by molar-refractivity contribution is -0.124. The van der Waals surface area contributed by atoms with Crippen LogP contribution in [0.4, 0.5) is 5.00 Å². The van der Waals surface area contributed by atoms with Gasteiger partial charge in [0, 0.05) is 22.9 Å². The molecule has 0 saturated carbocycles. The van der Waals surface area contributed by atoms with Gasteiger partial charge in [-0.2, -0.15) is 0 Å². The summed E-state index contributed by atoms with van der Waals surface area (Å²) in [6.45, 7) is 10.4. The van der Waals surface area contributed by atoms with E-state index in [0.29, 0.717) is 32.8 Å². The van der Waals surface area contributed by atoms with Crippen LogP contribution in [-0.2, 0) is 34.2 Å². The van der Waals surface area contributed by atoms with Crippen molar-refractivity contribution in [2.75, 3.05) is 11.9 Å².